The first kappa shape index (κ1) is 12.0. The molecule has 0 unspecified atom stereocenters. The molecule has 84 valence electrons. The molecular formula is C10H9BrN2OS2. The lowest BCUT2D eigenvalue weighted by molar-refractivity contribution is 0.199. The minimum atomic E-state index is -0.447. The van der Waals surface area contributed by atoms with E-state index in [9.17, 15) is 5.11 Å². The average molecular weight is 317 g/mol. The molecule has 2 rings (SSSR count). The zero-order valence-corrected chi connectivity index (χ0v) is 11.6. The molecule has 0 aliphatic carbocycles. The van der Waals surface area contributed by atoms with E-state index < -0.39 is 6.10 Å². The summed E-state index contributed by atoms with van der Waals surface area (Å²) in [7, 11) is 0. The van der Waals surface area contributed by atoms with Gasteiger partial charge in [0.25, 0.3) is 0 Å². The highest BCUT2D eigenvalue weighted by atomic mass is 79.9. The van der Waals surface area contributed by atoms with Crippen molar-refractivity contribution in [1.82, 2.24) is 9.36 Å². The van der Waals surface area contributed by atoms with Crippen molar-refractivity contribution in [1.29, 1.82) is 0 Å². The highest BCUT2D eigenvalue weighted by Gasteiger charge is 2.08. The zero-order valence-electron chi connectivity index (χ0n) is 8.42. The van der Waals surface area contributed by atoms with E-state index >= 15 is 0 Å². The molecule has 0 spiro atoms. The van der Waals surface area contributed by atoms with Crippen LogP contribution in [0.2, 0.25) is 0 Å². The number of aliphatic hydroxyl groups is 1. The van der Waals surface area contributed by atoms with Crippen LogP contribution in [0.5, 0.6) is 0 Å². The number of hydrogen-bond donors (Lipinski definition) is 1. The number of halogens is 1. The summed E-state index contributed by atoms with van der Waals surface area (Å²) in [6.07, 6.45) is 1.10. The largest absolute Gasteiger partial charge is 0.389 e. The topological polar surface area (TPSA) is 46.0 Å². The Kier molecular flexibility index (Phi) is 3.96. The molecule has 1 N–H and O–H groups in total. The minimum absolute atomic E-state index is 0.447. The van der Waals surface area contributed by atoms with Crippen LogP contribution in [0.15, 0.2) is 38.2 Å². The van der Waals surface area contributed by atoms with E-state index in [1.807, 2.05) is 18.2 Å². The second-order valence-electron chi connectivity index (χ2n) is 3.18. The molecule has 0 fully saturated rings. The van der Waals surface area contributed by atoms with Crippen LogP contribution in [0, 0.1) is 0 Å². The van der Waals surface area contributed by atoms with E-state index in [0.717, 1.165) is 19.3 Å². The van der Waals surface area contributed by atoms with Gasteiger partial charge in [-0.2, -0.15) is 4.37 Å². The fraction of sp³-hybridized carbons (Fsp3) is 0.200. The molecule has 1 aromatic heterocycles. The van der Waals surface area contributed by atoms with Gasteiger partial charge in [0.15, 0.2) is 4.34 Å². The number of hydrogen-bond acceptors (Lipinski definition) is 5. The van der Waals surface area contributed by atoms with Crippen LogP contribution in [-0.4, -0.2) is 14.5 Å². The Morgan fingerprint density at radius 2 is 2.31 bits per heavy atom. The third kappa shape index (κ3) is 2.82. The summed E-state index contributed by atoms with van der Waals surface area (Å²) in [6.45, 7) is 1.75. The van der Waals surface area contributed by atoms with E-state index in [0.29, 0.717) is 0 Å². The summed E-state index contributed by atoms with van der Waals surface area (Å²) >= 11 is 6.41. The molecular weight excluding hydrogens is 308 g/mol. The highest BCUT2D eigenvalue weighted by molar-refractivity contribution is 9.10. The Hall–Kier alpha value is -0.430. The summed E-state index contributed by atoms with van der Waals surface area (Å²) in [5.41, 5.74) is 0.897. The first-order valence-electron chi connectivity index (χ1n) is 4.59. The summed E-state index contributed by atoms with van der Waals surface area (Å²) in [5, 5.41) is 9.45. The van der Waals surface area contributed by atoms with E-state index in [2.05, 4.69) is 25.3 Å². The quantitative estimate of drug-likeness (QED) is 0.941. The average Bonchev–Trinajstić information content (AvgIpc) is 2.73. The lowest BCUT2D eigenvalue weighted by Gasteiger charge is -2.07. The lowest BCUT2D eigenvalue weighted by atomic mass is 10.1. The van der Waals surface area contributed by atoms with E-state index in [-0.39, 0.29) is 0 Å². The second kappa shape index (κ2) is 5.27. The van der Waals surface area contributed by atoms with Crippen molar-refractivity contribution in [3.05, 3.63) is 34.6 Å². The zero-order chi connectivity index (χ0) is 11.5. The normalized spacial score (nSPS) is 12.7. The molecule has 2 aromatic rings. The molecule has 0 aliphatic rings. The molecule has 0 saturated carbocycles. The second-order valence-corrected chi connectivity index (χ2v) is 6.10. The lowest BCUT2D eigenvalue weighted by Crippen LogP contribution is -1.90. The third-order valence-electron chi connectivity index (χ3n) is 1.98. The molecule has 1 atom stereocenters. The van der Waals surface area contributed by atoms with Crippen molar-refractivity contribution in [3.8, 4) is 0 Å². The first-order chi connectivity index (χ1) is 7.66. The van der Waals surface area contributed by atoms with Crippen LogP contribution in [-0.2, 0) is 0 Å². The minimum Gasteiger partial charge on any atom is -0.389 e. The van der Waals surface area contributed by atoms with Gasteiger partial charge in [-0.1, -0.05) is 17.8 Å². The standard InChI is InChI=1S/C10H9BrN2OS2/c1-6(14)7-2-3-9(8(11)4-7)15-10-12-5-13-16-10/h2-6,14H,1H3/t6-/m1/s1. The van der Waals surface area contributed by atoms with Gasteiger partial charge in [0, 0.05) is 9.37 Å². The van der Waals surface area contributed by atoms with Gasteiger partial charge in [-0.05, 0) is 52.1 Å². The Morgan fingerprint density at radius 3 is 2.88 bits per heavy atom. The van der Waals surface area contributed by atoms with E-state index in [4.69, 9.17) is 0 Å². The Balaban J connectivity index is 2.23. The van der Waals surface area contributed by atoms with Crippen LogP contribution in [0.3, 0.4) is 0 Å². The number of aromatic nitrogens is 2. The van der Waals surface area contributed by atoms with E-state index in [1.54, 1.807) is 25.0 Å². The summed E-state index contributed by atoms with van der Waals surface area (Å²) in [4.78, 5) is 5.18. The van der Waals surface area contributed by atoms with E-state index in [1.165, 1.54) is 11.5 Å². The van der Waals surface area contributed by atoms with Crippen molar-refractivity contribution in [2.24, 2.45) is 0 Å². The number of nitrogens with zero attached hydrogens (tertiary/aromatic N) is 2. The van der Waals surface area contributed by atoms with Gasteiger partial charge in [-0.15, -0.1) is 0 Å². The third-order valence-corrected chi connectivity index (χ3v) is 4.69. The molecule has 0 bridgehead atoms. The maximum absolute atomic E-state index is 9.45. The van der Waals surface area contributed by atoms with Gasteiger partial charge >= 0.3 is 0 Å². The fourth-order valence-electron chi connectivity index (χ4n) is 1.16. The Labute approximate surface area is 110 Å². The van der Waals surface area contributed by atoms with Gasteiger partial charge < -0.3 is 5.11 Å². The number of benzene rings is 1. The molecule has 1 aromatic carbocycles. The van der Waals surface area contributed by atoms with Crippen molar-refractivity contribution in [2.45, 2.75) is 22.3 Å². The van der Waals surface area contributed by atoms with Gasteiger partial charge in [-0.3, -0.25) is 0 Å². The SMILES string of the molecule is C[C@@H](O)c1ccc(Sc2ncns2)c(Br)c1. The predicted octanol–water partition coefficient (Wildman–Crippen LogP) is 3.51. The maximum atomic E-state index is 9.45. The molecule has 0 saturated heterocycles. The van der Waals surface area contributed by atoms with Gasteiger partial charge in [0.1, 0.15) is 6.33 Å². The smallest absolute Gasteiger partial charge is 0.174 e. The number of aliphatic hydroxyl groups excluding tert-OH is 1. The summed E-state index contributed by atoms with van der Waals surface area (Å²) in [6, 6.07) is 5.81. The maximum Gasteiger partial charge on any atom is 0.174 e. The van der Waals surface area contributed by atoms with Crippen LogP contribution in [0.1, 0.15) is 18.6 Å². The fourth-order valence-corrected chi connectivity index (χ4v) is 3.21. The molecule has 16 heavy (non-hydrogen) atoms. The summed E-state index contributed by atoms with van der Waals surface area (Å²) < 4.78 is 5.82. The molecule has 0 aliphatic heterocycles. The Morgan fingerprint density at radius 1 is 1.50 bits per heavy atom. The monoisotopic (exact) mass is 316 g/mol. The van der Waals surface area contributed by atoms with Crippen molar-refractivity contribution >= 4 is 39.2 Å². The molecule has 0 radical (unpaired) electrons. The Bertz CT molecular complexity index is 474. The van der Waals surface area contributed by atoms with Crippen LogP contribution in [0.25, 0.3) is 0 Å². The van der Waals surface area contributed by atoms with Gasteiger partial charge in [-0.25, -0.2) is 4.98 Å². The number of rotatable bonds is 3. The molecule has 6 heteroatoms. The van der Waals surface area contributed by atoms with Crippen molar-refractivity contribution in [3.63, 3.8) is 0 Å². The molecule has 1 heterocycles. The highest BCUT2D eigenvalue weighted by Crippen LogP contribution is 2.35. The predicted molar refractivity (Wildman–Crippen MR) is 68.8 cm³/mol. The van der Waals surface area contributed by atoms with Crippen LogP contribution < -0.4 is 0 Å². The molecule has 0 amide bonds. The van der Waals surface area contributed by atoms with Crippen LogP contribution in [0.4, 0.5) is 0 Å². The van der Waals surface area contributed by atoms with Crippen molar-refractivity contribution < 1.29 is 5.11 Å². The summed E-state index contributed by atoms with van der Waals surface area (Å²) in [5.74, 6) is 0. The van der Waals surface area contributed by atoms with Crippen LogP contribution >= 0.6 is 39.2 Å². The van der Waals surface area contributed by atoms with Gasteiger partial charge in [0.05, 0.1) is 6.10 Å². The first-order valence-corrected chi connectivity index (χ1v) is 6.97. The molecule has 3 nitrogen and oxygen atoms in total. The van der Waals surface area contributed by atoms with Crippen molar-refractivity contribution in [2.75, 3.05) is 0 Å². The van der Waals surface area contributed by atoms with Gasteiger partial charge in [0.2, 0.25) is 0 Å².